The molecule has 0 radical (unpaired) electrons. The fourth-order valence-corrected chi connectivity index (χ4v) is 8.09. The Morgan fingerprint density at radius 1 is 1.06 bits per heavy atom. The number of carbonyl (C=O) groups is 2. The summed E-state index contributed by atoms with van der Waals surface area (Å²) < 4.78 is 5.88. The molecule has 7 atom stereocenters. The molecule has 1 aromatic rings. The van der Waals surface area contributed by atoms with Crippen LogP contribution in [0.4, 0.5) is 0 Å². The Bertz CT molecular complexity index is 947. The lowest BCUT2D eigenvalue weighted by Gasteiger charge is -2.58. The van der Waals surface area contributed by atoms with E-state index in [-0.39, 0.29) is 28.7 Å². The molecule has 0 bridgehead atoms. The third-order valence-electron chi connectivity index (χ3n) is 9.92. The van der Waals surface area contributed by atoms with E-state index in [2.05, 4.69) is 25.2 Å². The molecule has 1 amide bonds. The largest absolute Gasteiger partial charge is 0.426 e. The molecule has 4 heteroatoms. The first-order valence-electron chi connectivity index (χ1n) is 12.5. The minimum atomic E-state index is -0.0787. The summed E-state index contributed by atoms with van der Waals surface area (Å²) in [6, 6.07) is 6.28. The van der Waals surface area contributed by atoms with Gasteiger partial charge in [-0.3, -0.25) is 9.59 Å². The third-order valence-corrected chi connectivity index (χ3v) is 9.92. The van der Waals surface area contributed by atoms with E-state index in [4.69, 9.17) is 4.74 Å². The highest BCUT2D eigenvalue weighted by Crippen LogP contribution is 2.65. The van der Waals surface area contributed by atoms with E-state index < -0.39 is 0 Å². The van der Waals surface area contributed by atoms with Gasteiger partial charge in [0.25, 0.3) is 0 Å². The van der Waals surface area contributed by atoms with Gasteiger partial charge in [0.1, 0.15) is 5.75 Å². The summed E-state index contributed by atoms with van der Waals surface area (Å²) >= 11 is 0. The molecule has 3 saturated carbocycles. The summed E-state index contributed by atoms with van der Waals surface area (Å²) in [6.45, 7) is 8.82. The molecule has 1 aliphatic heterocycles. The Morgan fingerprint density at radius 2 is 1.81 bits per heavy atom. The van der Waals surface area contributed by atoms with Crippen LogP contribution in [0.1, 0.15) is 69.9 Å². The van der Waals surface area contributed by atoms with Gasteiger partial charge in [0.05, 0.1) is 0 Å². The average molecular weight is 436 g/mol. The molecule has 0 spiro atoms. The number of hydrogen-bond acceptors (Lipinski definition) is 3. The lowest BCUT2D eigenvalue weighted by atomic mass is 9.48. The summed E-state index contributed by atoms with van der Waals surface area (Å²) in [5.74, 6) is 3.10. The molecule has 4 nitrogen and oxygen atoms in total. The zero-order chi connectivity index (χ0) is 22.7. The molecule has 4 aliphatic rings. The van der Waals surface area contributed by atoms with E-state index in [0.29, 0.717) is 30.1 Å². The van der Waals surface area contributed by atoms with Crippen LogP contribution >= 0.6 is 0 Å². The molecule has 1 aromatic carbocycles. The molecule has 3 fully saturated rings. The van der Waals surface area contributed by atoms with E-state index in [1.807, 2.05) is 32.0 Å². The van der Waals surface area contributed by atoms with Gasteiger partial charge in [-0.2, -0.15) is 0 Å². The Labute approximate surface area is 192 Å². The third kappa shape index (κ3) is 3.33. The zero-order valence-corrected chi connectivity index (χ0v) is 19.9. The van der Waals surface area contributed by atoms with Crippen molar-refractivity contribution >= 4 is 11.9 Å². The van der Waals surface area contributed by atoms with Crippen LogP contribution in [0.2, 0.25) is 0 Å². The number of carbonyl (C=O) groups excluding carboxylic acids is 2. The van der Waals surface area contributed by atoms with Gasteiger partial charge in [-0.25, -0.2) is 0 Å². The van der Waals surface area contributed by atoms with Crippen molar-refractivity contribution < 1.29 is 14.3 Å². The summed E-state index contributed by atoms with van der Waals surface area (Å²) in [4.78, 5) is 24.9. The number of amides is 1. The van der Waals surface area contributed by atoms with Gasteiger partial charge < -0.3 is 10.1 Å². The lowest BCUT2D eigenvalue weighted by Crippen LogP contribution is -2.59. The Morgan fingerprint density at radius 3 is 2.56 bits per heavy atom. The van der Waals surface area contributed by atoms with Crippen LogP contribution < -0.4 is 10.1 Å². The standard InChI is InChI=1S/C28H37NO3/c1-17-6-5-7-18(2)26(17)32-25(31)16-19-8-10-21-20-9-11-23-28(4,15-13-24(30)29-23)22(20)12-14-27(19,21)3/h5-7,13,15,19-23H,8-12,14,16H2,1-4H3,(H,29,30)/t19-,20+,21+,22+,23-,27-,28-/m1/s1. The molecule has 0 saturated heterocycles. The number of hydrogen-bond donors (Lipinski definition) is 1. The monoisotopic (exact) mass is 435 g/mol. The van der Waals surface area contributed by atoms with E-state index in [1.54, 1.807) is 6.08 Å². The molecule has 0 aromatic heterocycles. The Kier molecular flexibility index (Phi) is 5.26. The molecule has 5 rings (SSSR count). The number of nitrogens with one attached hydrogen (secondary N) is 1. The van der Waals surface area contributed by atoms with E-state index in [0.717, 1.165) is 29.7 Å². The van der Waals surface area contributed by atoms with Gasteiger partial charge in [0.2, 0.25) is 5.91 Å². The van der Waals surface area contributed by atoms with Crippen molar-refractivity contribution in [1.82, 2.24) is 5.32 Å². The minimum absolute atomic E-state index is 0.0647. The first-order chi connectivity index (χ1) is 15.2. The number of para-hydroxylation sites is 1. The maximum absolute atomic E-state index is 13.0. The fraction of sp³-hybridized carbons (Fsp3) is 0.643. The number of benzene rings is 1. The van der Waals surface area contributed by atoms with Gasteiger partial charge in [-0.05, 0) is 98.7 Å². The molecule has 172 valence electrons. The molecule has 1 N–H and O–H groups in total. The Balaban J connectivity index is 1.31. The predicted octanol–water partition coefficient (Wildman–Crippen LogP) is 5.51. The van der Waals surface area contributed by atoms with Crippen LogP contribution in [0, 0.1) is 48.3 Å². The number of ether oxygens (including phenoxy) is 1. The number of fused-ring (bicyclic) bond motifs is 5. The molecule has 3 aliphatic carbocycles. The van der Waals surface area contributed by atoms with Gasteiger partial charge in [0, 0.05) is 17.9 Å². The first-order valence-corrected chi connectivity index (χ1v) is 12.5. The van der Waals surface area contributed by atoms with Crippen molar-refractivity contribution in [2.45, 2.75) is 78.7 Å². The summed E-state index contributed by atoms with van der Waals surface area (Å²) in [5.41, 5.74) is 2.32. The highest BCUT2D eigenvalue weighted by Gasteiger charge is 2.59. The molecular weight excluding hydrogens is 398 g/mol. The quantitative estimate of drug-likeness (QED) is 0.503. The topological polar surface area (TPSA) is 55.4 Å². The summed E-state index contributed by atoms with van der Waals surface area (Å²) in [7, 11) is 0. The van der Waals surface area contributed by atoms with Gasteiger partial charge in [-0.1, -0.05) is 38.1 Å². The second-order valence-corrected chi connectivity index (χ2v) is 11.4. The summed E-state index contributed by atoms with van der Waals surface area (Å²) in [5, 5.41) is 3.24. The second kappa shape index (κ2) is 7.74. The van der Waals surface area contributed by atoms with Gasteiger partial charge in [-0.15, -0.1) is 0 Å². The van der Waals surface area contributed by atoms with Crippen LogP contribution in [0.15, 0.2) is 30.4 Å². The van der Waals surface area contributed by atoms with E-state index in [9.17, 15) is 9.59 Å². The van der Waals surface area contributed by atoms with Crippen molar-refractivity contribution in [3.8, 4) is 5.75 Å². The predicted molar refractivity (Wildman–Crippen MR) is 125 cm³/mol. The normalized spacial score (nSPS) is 40.1. The highest BCUT2D eigenvalue weighted by molar-refractivity contribution is 5.89. The molecule has 0 unspecified atom stereocenters. The van der Waals surface area contributed by atoms with Gasteiger partial charge in [0.15, 0.2) is 0 Å². The molecule has 32 heavy (non-hydrogen) atoms. The van der Waals surface area contributed by atoms with Gasteiger partial charge >= 0.3 is 5.97 Å². The SMILES string of the molecule is Cc1cccc(C)c1OC(=O)C[C@H]1CC[C@H]2[C@@H]3CC[C@H]4NC(=O)C=C[C@]4(C)[C@H]3CC[C@]12C. The minimum Gasteiger partial charge on any atom is -0.426 e. The number of esters is 1. The van der Waals surface area contributed by atoms with Crippen LogP contribution in [0.5, 0.6) is 5.75 Å². The highest BCUT2D eigenvalue weighted by atomic mass is 16.5. The maximum atomic E-state index is 13.0. The van der Waals surface area contributed by atoms with Crippen LogP contribution in [0.3, 0.4) is 0 Å². The molecular formula is C28H37NO3. The molecule has 1 heterocycles. The van der Waals surface area contributed by atoms with Crippen molar-refractivity contribution in [3.05, 3.63) is 41.5 Å². The van der Waals surface area contributed by atoms with Crippen LogP contribution in [-0.2, 0) is 9.59 Å². The maximum Gasteiger partial charge on any atom is 0.311 e. The number of rotatable bonds is 3. The van der Waals surface area contributed by atoms with E-state index in [1.165, 1.54) is 25.7 Å². The zero-order valence-electron chi connectivity index (χ0n) is 19.9. The first kappa shape index (κ1) is 21.7. The second-order valence-electron chi connectivity index (χ2n) is 11.4. The summed E-state index contributed by atoms with van der Waals surface area (Å²) in [6.07, 6.45) is 11.5. The van der Waals surface area contributed by atoms with Crippen LogP contribution in [0.25, 0.3) is 0 Å². The average Bonchev–Trinajstić information content (AvgIpc) is 3.07. The smallest absolute Gasteiger partial charge is 0.311 e. The van der Waals surface area contributed by atoms with Crippen molar-refractivity contribution in [2.24, 2.45) is 34.5 Å². The lowest BCUT2D eigenvalue weighted by molar-refractivity contribution is -0.137. The van der Waals surface area contributed by atoms with Crippen LogP contribution in [-0.4, -0.2) is 17.9 Å². The Hall–Kier alpha value is -2.10. The van der Waals surface area contributed by atoms with E-state index >= 15 is 0 Å². The fourth-order valence-electron chi connectivity index (χ4n) is 8.09. The van der Waals surface area contributed by atoms with Crippen molar-refractivity contribution in [2.75, 3.05) is 0 Å². The van der Waals surface area contributed by atoms with Crippen molar-refractivity contribution in [1.29, 1.82) is 0 Å². The number of aryl methyl sites for hydroxylation is 2. The van der Waals surface area contributed by atoms with Crippen molar-refractivity contribution in [3.63, 3.8) is 0 Å².